The number of benzene rings is 1. The highest BCUT2D eigenvalue weighted by Crippen LogP contribution is 2.33. The Hall–Kier alpha value is -2.55. The van der Waals surface area contributed by atoms with Crippen molar-refractivity contribution in [3.05, 3.63) is 48.0 Å². The number of primary amides is 1. The molecule has 0 unspecified atom stereocenters. The number of urea groups is 1. The lowest BCUT2D eigenvalue weighted by Crippen LogP contribution is -2.29. The molecule has 2 rings (SSSR count). The molecule has 2 aromatic rings. The SMILES string of the molecule is NC(=O)NOCCCc1cn(-c2ccccc2C(F)(F)F)cn1. The second kappa shape index (κ2) is 7.14. The fourth-order valence-electron chi connectivity index (χ4n) is 2.01. The number of aryl methyl sites for hydroxylation is 1. The van der Waals surface area contributed by atoms with Crippen LogP contribution in [0.2, 0.25) is 0 Å². The molecule has 0 aliphatic carbocycles. The molecule has 9 heteroatoms. The van der Waals surface area contributed by atoms with Crippen LogP contribution in [0.15, 0.2) is 36.8 Å². The summed E-state index contributed by atoms with van der Waals surface area (Å²) in [6, 6.07) is 4.49. The van der Waals surface area contributed by atoms with Gasteiger partial charge in [-0.15, -0.1) is 0 Å². The zero-order chi connectivity index (χ0) is 16.9. The number of nitrogens with two attached hydrogens (primary N) is 1. The summed E-state index contributed by atoms with van der Waals surface area (Å²) in [7, 11) is 0. The standard InChI is InChI=1S/C14H15F3N4O2/c15-14(16,17)11-5-1-2-6-12(11)21-8-10(19-9-21)4-3-7-23-20-13(18)22/h1-2,5-6,8-9H,3-4,7H2,(H3,18,20,22). The van der Waals surface area contributed by atoms with Gasteiger partial charge in [-0.05, 0) is 25.0 Å². The van der Waals surface area contributed by atoms with Gasteiger partial charge in [-0.2, -0.15) is 13.2 Å². The van der Waals surface area contributed by atoms with Crippen LogP contribution in [0.5, 0.6) is 0 Å². The summed E-state index contributed by atoms with van der Waals surface area (Å²) >= 11 is 0. The molecule has 0 aliphatic heterocycles. The number of hydroxylamine groups is 1. The van der Waals surface area contributed by atoms with E-state index in [4.69, 9.17) is 10.6 Å². The van der Waals surface area contributed by atoms with Crippen molar-refractivity contribution in [2.45, 2.75) is 19.0 Å². The fraction of sp³-hybridized carbons (Fsp3) is 0.286. The minimum atomic E-state index is -4.44. The normalized spacial score (nSPS) is 11.4. The van der Waals surface area contributed by atoms with E-state index in [9.17, 15) is 18.0 Å². The predicted octanol–water partition coefficient (Wildman–Crippen LogP) is 2.42. The van der Waals surface area contributed by atoms with Gasteiger partial charge in [-0.25, -0.2) is 15.3 Å². The molecule has 0 radical (unpaired) electrons. The third kappa shape index (κ3) is 4.71. The van der Waals surface area contributed by atoms with Gasteiger partial charge in [-0.3, -0.25) is 4.84 Å². The maximum atomic E-state index is 13.0. The number of carbonyl (C=O) groups excluding carboxylic acids is 1. The molecule has 124 valence electrons. The quantitative estimate of drug-likeness (QED) is 0.631. The third-order valence-corrected chi connectivity index (χ3v) is 2.98. The maximum absolute atomic E-state index is 13.0. The predicted molar refractivity (Wildman–Crippen MR) is 75.6 cm³/mol. The van der Waals surface area contributed by atoms with E-state index in [1.165, 1.54) is 35.3 Å². The van der Waals surface area contributed by atoms with Crippen molar-refractivity contribution in [3.63, 3.8) is 0 Å². The van der Waals surface area contributed by atoms with Gasteiger partial charge in [0.25, 0.3) is 0 Å². The maximum Gasteiger partial charge on any atom is 0.418 e. The highest BCUT2D eigenvalue weighted by atomic mass is 19.4. The first-order chi connectivity index (χ1) is 10.9. The molecule has 0 bridgehead atoms. The number of halogens is 3. The molecule has 0 fully saturated rings. The molecule has 0 aliphatic rings. The third-order valence-electron chi connectivity index (χ3n) is 2.98. The van der Waals surface area contributed by atoms with E-state index >= 15 is 0 Å². The lowest BCUT2D eigenvalue weighted by molar-refractivity contribution is -0.137. The number of hydrogen-bond donors (Lipinski definition) is 2. The zero-order valence-electron chi connectivity index (χ0n) is 12.0. The molecule has 6 nitrogen and oxygen atoms in total. The molecule has 0 saturated heterocycles. The van der Waals surface area contributed by atoms with Gasteiger partial charge in [0.05, 0.1) is 29.9 Å². The number of carbonyl (C=O) groups is 1. The Morgan fingerprint density at radius 1 is 1.35 bits per heavy atom. The van der Waals surface area contributed by atoms with Crippen LogP contribution in [0.4, 0.5) is 18.0 Å². The average Bonchev–Trinajstić information content (AvgIpc) is 2.94. The number of imidazole rings is 1. The van der Waals surface area contributed by atoms with Crippen molar-refractivity contribution in [2.24, 2.45) is 5.73 Å². The van der Waals surface area contributed by atoms with E-state index in [0.717, 1.165) is 6.07 Å². The number of rotatable bonds is 6. The molecule has 23 heavy (non-hydrogen) atoms. The molecular weight excluding hydrogens is 313 g/mol. The Morgan fingerprint density at radius 2 is 2.09 bits per heavy atom. The monoisotopic (exact) mass is 328 g/mol. The molecular formula is C14H15F3N4O2. The van der Waals surface area contributed by atoms with Crippen molar-refractivity contribution in [3.8, 4) is 5.69 Å². The van der Waals surface area contributed by atoms with Gasteiger partial charge in [0.15, 0.2) is 0 Å². The molecule has 2 amide bonds. The van der Waals surface area contributed by atoms with Crippen LogP contribution in [0.1, 0.15) is 17.7 Å². The van der Waals surface area contributed by atoms with Crippen LogP contribution in [0.25, 0.3) is 5.69 Å². The molecule has 0 spiro atoms. The van der Waals surface area contributed by atoms with Crippen molar-refractivity contribution >= 4 is 6.03 Å². The van der Waals surface area contributed by atoms with E-state index in [2.05, 4.69) is 4.98 Å². The number of hydrogen-bond acceptors (Lipinski definition) is 3. The number of alkyl halides is 3. The summed E-state index contributed by atoms with van der Waals surface area (Å²) in [6.07, 6.45) is -0.552. The van der Waals surface area contributed by atoms with Crippen LogP contribution in [0.3, 0.4) is 0 Å². The van der Waals surface area contributed by atoms with E-state index in [1.54, 1.807) is 0 Å². The van der Waals surface area contributed by atoms with Crippen molar-refractivity contribution < 1.29 is 22.8 Å². The summed E-state index contributed by atoms with van der Waals surface area (Å²) in [5.74, 6) is 0. The van der Waals surface area contributed by atoms with Crippen molar-refractivity contribution in [1.82, 2.24) is 15.0 Å². The van der Waals surface area contributed by atoms with Crippen LogP contribution < -0.4 is 11.2 Å². The molecule has 1 aromatic carbocycles. The Morgan fingerprint density at radius 3 is 2.78 bits per heavy atom. The summed E-state index contributed by atoms with van der Waals surface area (Å²) in [5.41, 5.74) is 6.71. The van der Waals surface area contributed by atoms with Crippen LogP contribution >= 0.6 is 0 Å². The Balaban J connectivity index is 2.01. The van der Waals surface area contributed by atoms with Crippen molar-refractivity contribution in [2.75, 3.05) is 6.61 Å². The summed E-state index contributed by atoms with van der Waals surface area (Å²) < 4.78 is 40.3. The van der Waals surface area contributed by atoms with Gasteiger partial charge in [0.2, 0.25) is 0 Å². The second-order valence-corrected chi connectivity index (χ2v) is 4.71. The van der Waals surface area contributed by atoms with E-state index in [-0.39, 0.29) is 12.3 Å². The number of para-hydroxylation sites is 1. The fourth-order valence-corrected chi connectivity index (χ4v) is 2.01. The van der Waals surface area contributed by atoms with Gasteiger partial charge >= 0.3 is 12.2 Å². The van der Waals surface area contributed by atoms with Crippen LogP contribution in [0, 0.1) is 0 Å². The molecule has 1 aromatic heterocycles. The minimum Gasteiger partial charge on any atom is -0.350 e. The Labute approximate surface area is 130 Å². The van der Waals surface area contributed by atoms with Gasteiger partial charge < -0.3 is 10.3 Å². The minimum absolute atomic E-state index is 0.0189. The molecule has 3 N–H and O–H groups in total. The van der Waals surface area contributed by atoms with Crippen LogP contribution in [-0.4, -0.2) is 22.2 Å². The Kier molecular flexibility index (Phi) is 5.22. The van der Waals surface area contributed by atoms with Crippen molar-refractivity contribution in [1.29, 1.82) is 0 Å². The molecule has 0 atom stereocenters. The highest BCUT2D eigenvalue weighted by Gasteiger charge is 2.33. The summed E-state index contributed by atoms with van der Waals surface area (Å²) in [4.78, 5) is 19.2. The second-order valence-electron chi connectivity index (χ2n) is 4.71. The Bertz CT molecular complexity index is 670. The number of nitrogens with one attached hydrogen (secondary N) is 1. The smallest absolute Gasteiger partial charge is 0.350 e. The first kappa shape index (κ1) is 16.8. The highest BCUT2D eigenvalue weighted by molar-refractivity contribution is 5.70. The van der Waals surface area contributed by atoms with Gasteiger partial charge in [0, 0.05) is 6.20 Å². The van der Waals surface area contributed by atoms with E-state index in [0.29, 0.717) is 18.5 Å². The van der Waals surface area contributed by atoms with Gasteiger partial charge in [0.1, 0.15) is 0 Å². The topological polar surface area (TPSA) is 82.2 Å². The largest absolute Gasteiger partial charge is 0.418 e. The van der Waals surface area contributed by atoms with Crippen LogP contribution in [-0.2, 0) is 17.4 Å². The number of aromatic nitrogens is 2. The lowest BCUT2D eigenvalue weighted by Gasteiger charge is -2.12. The zero-order valence-corrected chi connectivity index (χ0v) is 12.0. The molecule has 0 saturated carbocycles. The summed E-state index contributed by atoms with van der Waals surface area (Å²) in [6.45, 7) is 0.217. The number of amides is 2. The first-order valence-electron chi connectivity index (χ1n) is 6.74. The first-order valence-corrected chi connectivity index (χ1v) is 6.74. The summed E-state index contributed by atoms with van der Waals surface area (Å²) in [5, 5.41) is 0. The average molecular weight is 328 g/mol. The number of nitrogens with zero attached hydrogens (tertiary/aromatic N) is 2. The molecule has 1 heterocycles. The van der Waals surface area contributed by atoms with E-state index in [1.807, 2.05) is 5.48 Å². The van der Waals surface area contributed by atoms with E-state index < -0.39 is 17.8 Å². The lowest BCUT2D eigenvalue weighted by atomic mass is 10.1. The van der Waals surface area contributed by atoms with Gasteiger partial charge in [-0.1, -0.05) is 12.1 Å².